The van der Waals surface area contributed by atoms with E-state index >= 15 is 0 Å². The highest BCUT2D eigenvalue weighted by Gasteiger charge is 2.14. The Bertz CT molecular complexity index is 416. The SMILES string of the molecule is CCCCCCCC(=O)Oc1cccc(C(C)(C)C)c1. The fourth-order valence-corrected chi connectivity index (χ4v) is 2.08. The van der Waals surface area contributed by atoms with Crippen molar-refractivity contribution in [3.8, 4) is 5.75 Å². The molecular weight excluding hydrogens is 248 g/mol. The number of carbonyl (C=O) groups is 1. The predicted molar refractivity (Wildman–Crippen MR) is 84.2 cm³/mol. The Morgan fingerprint density at radius 1 is 1.10 bits per heavy atom. The topological polar surface area (TPSA) is 26.3 Å². The second-order valence-corrected chi connectivity index (χ2v) is 6.42. The van der Waals surface area contributed by atoms with E-state index in [9.17, 15) is 4.79 Å². The maximum absolute atomic E-state index is 11.8. The summed E-state index contributed by atoms with van der Waals surface area (Å²) < 4.78 is 5.42. The number of hydrogen-bond donors (Lipinski definition) is 0. The number of unbranched alkanes of at least 4 members (excludes halogenated alkanes) is 4. The highest BCUT2D eigenvalue weighted by molar-refractivity contribution is 5.72. The maximum atomic E-state index is 11.8. The van der Waals surface area contributed by atoms with Gasteiger partial charge in [-0.3, -0.25) is 4.79 Å². The Hall–Kier alpha value is -1.31. The van der Waals surface area contributed by atoms with E-state index in [1.165, 1.54) is 24.8 Å². The first-order valence-corrected chi connectivity index (χ1v) is 7.74. The van der Waals surface area contributed by atoms with Gasteiger partial charge in [-0.1, -0.05) is 65.5 Å². The molecule has 0 amide bonds. The largest absolute Gasteiger partial charge is 0.427 e. The molecule has 112 valence electrons. The zero-order chi connectivity index (χ0) is 15.0. The number of benzene rings is 1. The molecule has 0 aromatic heterocycles. The highest BCUT2D eigenvalue weighted by atomic mass is 16.5. The number of rotatable bonds is 7. The van der Waals surface area contributed by atoms with Gasteiger partial charge in [0.15, 0.2) is 0 Å². The normalized spacial score (nSPS) is 11.4. The van der Waals surface area contributed by atoms with E-state index in [1.54, 1.807) is 0 Å². The van der Waals surface area contributed by atoms with E-state index in [-0.39, 0.29) is 11.4 Å². The summed E-state index contributed by atoms with van der Waals surface area (Å²) in [5, 5.41) is 0. The van der Waals surface area contributed by atoms with E-state index in [4.69, 9.17) is 4.74 Å². The van der Waals surface area contributed by atoms with Crippen molar-refractivity contribution in [3.63, 3.8) is 0 Å². The lowest BCUT2D eigenvalue weighted by Crippen LogP contribution is -2.12. The van der Waals surface area contributed by atoms with Crippen LogP contribution in [0.15, 0.2) is 24.3 Å². The molecule has 2 heteroatoms. The van der Waals surface area contributed by atoms with Gasteiger partial charge in [-0.2, -0.15) is 0 Å². The van der Waals surface area contributed by atoms with E-state index in [1.807, 2.05) is 18.2 Å². The lowest BCUT2D eigenvalue weighted by atomic mass is 9.87. The van der Waals surface area contributed by atoms with Crippen LogP contribution < -0.4 is 4.74 Å². The summed E-state index contributed by atoms with van der Waals surface area (Å²) in [5.41, 5.74) is 1.26. The second kappa shape index (κ2) is 8.08. The standard InChI is InChI=1S/C18H28O2/c1-5-6-7-8-9-13-17(19)20-16-12-10-11-15(14-16)18(2,3)4/h10-12,14H,5-9,13H2,1-4H3. The molecule has 20 heavy (non-hydrogen) atoms. The lowest BCUT2D eigenvalue weighted by Gasteiger charge is -2.19. The minimum Gasteiger partial charge on any atom is -0.427 e. The van der Waals surface area contributed by atoms with Crippen LogP contribution in [-0.4, -0.2) is 5.97 Å². The van der Waals surface area contributed by atoms with Gasteiger partial charge in [0.05, 0.1) is 0 Å². The number of carbonyl (C=O) groups excluding carboxylic acids is 1. The van der Waals surface area contributed by atoms with Crippen LogP contribution in [0.4, 0.5) is 0 Å². The highest BCUT2D eigenvalue weighted by Crippen LogP contribution is 2.25. The Balaban J connectivity index is 2.42. The minimum atomic E-state index is -0.118. The molecule has 0 spiro atoms. The molecule has 0 fully saturated rings. The molecule has 1 aromatic carbocycles. The van der Waals surface area contributed by atoms with Crippen LogP contribution in [0, 0.1) is 0 Å². The van der Waals surface area contributed by atoms with Gasteiger partial charge in [-0.15, -0.1) is 0 Å². The molecule has 0 saturated heterocycles. The zero-order valence-electron chi connectivity index (χ0n) is 13.4. The summed E-state index contributed by atoms with van der Waals surface area (Å²) in [5.74, 6) is 0.545. The quantitative estimate of drug-likeness (QED) is 0.386. The predicted octanol–water partition coefficient (Wildman–Crippen LogP) is 5.25. The molecule has 1 rings (SSSR count). The lowest BCUT2D eigenvalue weighted by molar-refractivity contribution is -0.134. The first-order valence-electron chi connectivity index (χ1n) is 7.74. The third kappa shape index (κ3) is 6.23. The minimum absolute atomic E-state index is 0.0720. The zero-order valence-corrected chi connectivity index (χ0v) is 13.4. The summed E-state index contributed by atoms with van der Waals surface area (Å²) in [7, 11) is 0. The van der Waals surface area contributed by atoms with Crippen molar-refractivity contribution in [2.24, 2.45) is 0 Å². The van der Waals surface area contributed by atoms with Gasteiger partial charge in [0.2, 0.25) is 0 Å². The summed E-state index contributed by atoms with van der Waals surface area (Å²) in [6.07, 6.45) is 6.25. The molecule has 0 radical (unpaired) electrons. The van der Waals surface area contributed by atoms with Gasteiger partial charge in [0, 0.05) is 6.42 Å². The Morgan fingerprint density at radius 3 is 2.45 bits per heavy atom. The Labute approximate surface area is 123 Å². The van der Waals surface area contributed by atoms with Crippen molar-refractivity contribution in [2.45, 2.75) is 71.6 Å². The molecule has 0 atom stereocenters. The van der Waals surface area contributed by atoms with Crippen molar-refractivity contribution in [1.29, 1.82) is 0 Å². The monoisotopic (exact) mass is 276 g/mol. The first-order chi connectivity index (χ1) is 9.43. The fourth-order valence-electron chi connectivity index (χ4n) is 2.08. The molecule has 0 aliphatic heterocycles. The Kier molecular flexibility index (Phi) is 6.77. The molecule has 0 unspecified atom stereocenters. The number of esters is 1. The first kappa shape index (κ1) is 16.7. The van der Waals surface area contributed by atoms with Crippen LogP contribution in [0.1, 0.15) is 71.8 Å². The summed E-state index contributed by atoms with van der Waals surface area (Å²) in [4.78, 5) is 11.8. The summed E-state index contributed by atoms with van der Waals surface area (Å²) in [6.45, 7) is 8.65. The fraction of sp³-hybridized carbons (Fsp3) is 0.611. The van der Waals surface area contributed by atoms with E-state index in [0.717, 1.165) is 12.8 Å². The van der Waals surface area contributed by atoms with Gasteiger partial charge in [0.1, 0.15) is 5.75 Å². The molecule has 2 nitrogen and oxygen atoms in total. The molecule has 0 aliphatic carbocycles. The average molecular weight is 276 g/mol. The molecule has 0 bridgehead atoms. The van der Waals surface area contributed by atoms with Crippen molar-refractivity contribution < 1.29 is 9.53 Å². The van der Waals surface area contributed by atoms with Gasteiger partial charge in [0.25, 0.3) is 0 Å². The Morgan fingerprint density at radius 2 is 1.80 bits per heavy atom. The van der Waals surface area contributed by atoms with Crippen LogP contribution in [0.25, 0.3) is 0 Å². The molecule has 0 heterocycles. The number of hydrogen-bond acceptors (Lipinski definition) is 2. The number of ether oxygens (including phenoxy) is 1. The van der Waals surface area contributed by atoms with E-state index in [0.29, 0.717) is 12.2 Å². The third-order valence-electron chi connectivity index (χ3n) is 3.42. The van der Waals surface area contributed by atoms with E-state index in [2.05, 4.69) is 33.8 Å². The van der Waals surface area contributed by atoms with Crippen LogP contribution in [0.5, 0.6) is 5.75 Å². The summed E-state index contributed by atoms with van der Waals surface area (Å²) >= 11 is 0. The third-order valence-corrected chi connectivity index (χ3v) is 3.42. The van der Waals surface area contributed by atoms with Crippen LogP contribution in [0.3, 0.4) is 0 Å². The van der Waals surface area contributed by atoms with Crippen molar-refractivity contribution in [2.75, 3.05) is 0 Å². The maximum Gasteiger partial charge on any atom is 0.311 e. The molecule has 0 saturated carbocycles. The van der Waals surface area contributed by atoms with Crippen LogP contribution in [0.2, 0.25) is 0 Å². The van der Waals surface area contributed by atoms with Crippen LogP contribution in [-0.2, 0) is 10.2 Å². The van der Waals surface area contributed by atoms with Gasteiger partial charge >= 0.3 is 5.97 Å². The second-order valence-electron chi connectivity index (χ2n) is 6.42. The summed E-state index contributed by atoms with van der Waals surface area (Å²) in [6, 6.07) is 7.84. The van der Waals surface area contributed by atoms with Crippen LogP contribution >= 0.6 is 0 Å². The smallest absolute Gasteiger partial charge is 0.311 e. The van der Waals surface area contributed by atoms with Gasteiger partial charge in [-0.05, 0) is 29.5 Å². The molecular formula is C18H28O2. The van der Waals surface area contributed by atoms with Gasteiger partial charge < -0.3 is 4.74 Å². The van der Waals surface area contributed by atoms with E-state index < -0.39 is 0 Å². The van der Waals surface area contributed by atoms with Crippen molar-refractivity contribution >= 4 is 5.97 Å². The van der Waals surface area contributed by atoms with Gasteiger partial charge in [-0.25, -0.2) is 0 Å². The molecule has 0 N–H and O–H groups in total. The average Bonchev–Trinajstić information content (AvgIpc) is 2.38. The molecule has 0 aliphatic rings. The van der Waals surface area contributed by atoms with Crippen molar-refractivity contribution in [3.05, 3.63) is 29.8 Å². The molecule has 1 aromatic rings. The van der Waals surface area contributed by atoms with Crippen molar-refractivity contribution in [1.82, 2.24) is 0 Å².